The predicted octanol–water partition coefficient (Wildman–Crippen LogP) is 7.74. The van der Waals surface area contributed by atoms with E-state index in [4.69, 9.17) is 21.3 Å². The van der Waals surface area contributed by atoms with Crippen molar-refractivity contribution in [2.24, 2.45) is 7.05 Å². The fourth-order valence-electron chi connectivity index (χ4n) is 5.16. The average molecular weight is 594 g/mol. The van der Waals surface area contributed by atoms with Gasteiger partial charge in [0.25, 0.3) is 0 Å². The fourth-order valence-corrected chi connectivity index (χ4v) is 6.54. The van der Waals surface area contributed by atoms with Crippen molar-refractivity contribution in [1.29, 1.82) is 0 Å². The van der Waals surface area contributed by atoms with E-state index in [1.165, 1.54) is 6.07 Å². The van der Waals surface area contributed by atoms with Crippen molar-refractivity contribution in [3.8, 4) is 5.88 Å². The van der Waals surface area contributed by atoms with Crippen LogP contribution in [0.25, 0.3) is 21.0 Å². The average Bonchev–Trinajstić information content (AvgIpc) is 3.59. The predicted molar refractivity (Wildman–Crippen MR) is 155 cm³/mol. The van der Waals surface area contributed by atoms with E-state index in [2.05, 4.69) is 23.2 Å². The van der Waals surface area contributed by atoms with Gasteiger partial charge in [0.2, 0.25) is 5.88 Å². The lowest BCUT2D eigenvalue weighted by Crippen LogP contribution is -2.31. The van der Waals surface area contributed by atoms with E-state index in [-0.39, 0.29) is 5.56 Å². The molecule has 0 aliphatic rings. The van der Waals surface area contributed by atoms with E-state index in [0.717, 1.165) is 27.2 Å². The van der Waals surface area contributed by atoms with Crippen molar-refractivity contribution in [2.75, 3.05) is 7.11 Å². The van der Waals surface area contributed by atoms with Gasteiger partial charge >= 0.3 is 6.18 Å². The zero-order valence-electron chi connectivity index (χ0n) is 21.9. The van der Waals surface area contributed by atoms with Gasteiger partial charge in [0.1, 0.15) is 5.69 Å². The molecular formula is C31H23ClF3N3O2S. The summed E-state index contributed by atoms with van der Waals surface area (Å²) in [6, 6.07) is 20.9. The van der Waals surface area contributed by atoms with Gasteiger partial charge in [0, 0.05) is 52.0 Å². The molecule has 4 heterocycles. The zero-order chi connectivity index (χ0) is 28.9. The Morgan fingerprint density at radius 3 is 2.44 bits per heavy atom. The third kappa shape index (κ3) is 4.73. The molecule has 6 rings (SSSR count). The van der Waals surface area contributed by atoms with Crippen LogP contribution in [0.3, 0.4) is 0 Å². The van der Waals surface area contributed by atoms with Gasteiger partial charge < -0.3 is 14.4 Å². The first-order valence-electron chi connectivity index (χ1n) is 12.6. The van der Waals surface area contributed by atoms with Crippen LogP contribution in [0.15, 0.2) is 85.2 Å². The normalized spacial score (nSPS) is 13.5. The summed E-state index contributed by atoms with van der Waals surface area (Å²) in [6.07, 6.45) is -1.31. The van der Waals surface area contributed by atoms with Crippen molar-refractivity contribution in [2.45, 2.75) is 18.2 Å². The molecule has 2 aromatic carbocycles. The fraction of sp³-hybridized carbons (Fsp3) is 0.161. The number of rotatable bonds is 6. The summed E-state index contributed by atoms with van der Waals surface area (Å²) in [5.74, 6) is 0.400. The zero-order valence-corrected chi connectivity index (χ0v) is 23.5. The van der Waals surface area contributed by atoms with E-state index in [1.54, 1.807) is 66.6 Å². The Bertz CT molecular complexity index is 1870. The van der Waals surface area contributed by atoms with Crippen molar-refractivity contribution in [3.05, 3.63) is 123 Å². The van der Waals surface area contributed by atoms with E-state index in [9.17, 15) is 18.3 Å². The molecule has 5 nitrogen and oxygen atoms in total. The number of fused-ring (bicyclic) bond motifs is 2. The van der Waals surface area contributed by atoms with E-state index in [1.807, 2.05) is 12.1 Å². The maximum absolute atomic E-state index is 13.3. The molecule has 6 aromatic rings. The summed E-state index contributed by atoms with van der Waals surface area (Å²) in [4.78, 5) is 9.39. The third-order valence-corrected chi connectivity index (χ3v) is 8.75. The Morgan fingerprint density at radius 1 is 1.00 bits per heavy atom. The highest BCUT2D eigenvalue weighted by atomic mass is 35.5. The number of ether oxygens (including phenoxy) is 1. The quantitative estimate of drug-likeness (QED) is 0.215. The van der Waals surface area contributed by atoms with E-state index >= 15 is 0 Å². The van der Waals surface area contributed by atoms with Crippen LogP contribution in [0, 0.1) is 0 Å². The first-order chi connectivity index (χ1) is 19.6. The lowest BCUT2D eigenvalue weighted by atomic mass is 9.83. The van der Waals surface area contributed by atoms with Crippen molar-refractivity contribution < 1.29 is 23.0 Å². The molecule has 0 saturated heterocycles. The second-order valence-corrected chi connectivity index (χ2v) is 11.3. The first kappa shape index (κ1) is 27.3. The monoisotopic (exact) mass is 593 g/mol. The molecule has 4 aromatic heterocycles. The van der Waals surface area contributed by atoms with Crippen molar-refractivity contribution >= 4 is 43.9 Å². The van der Waals surface area contributed by atoms with E-state index in [0.29, 0.717) is 45.0 Å². The van der Waals surface area contributed by atoms with Crippen LogP contribution in [0.5, 0.6) is 5.88 Å². The number of halogens is 4. The highest BCUT2D eigenvalue weighted by Crippen LogP contribution is 2.42. The van der Waals surface area contributed by atoms with Crippen molar-refractivity contribution in [1.82, 2.24) is 14.5 Å². The summed E-state index contributed by atoms with van der Waals surface area (Å²) in [5.41, 5.74) is -0.608. The molecule has 0 saturated carbocycles. The topological polar surface area (TPSA) is 60.2 Å². The second-order valence-electron chi connectivity index (χ2n) is 9.72. The minimum Gasteiger partial charge on any atom is -0.481 e. The van der Waals surface area contributed by atoms with Crippen LogP contribution in [-0.4, -0.2) is 26.8 Å². The van der Waals surface area contributed by atoms with Crippen LogP contribution >= 0.6 is 22.9 Å². The largest absolute Gasteiger partial charge is 0.481 e. The maximum Gasteiger partial charge on any atom is 0.433 e. The Kier molecular flexibility index (Phi) is 6.76. The molecule has 208 valence electrons. The summed E-state index contributed by atoms with van der Waals surface area (Å²) >= 11 is 8.69. The molecular weight excluding hydrogens is 571 g/mol. The van der Waals surface area contributed by atoms with Crippen LogP contribution < -0.4 is 4.74 Å². The minimum atomic E-state index is -4.60. The van der Waals surface area contributed by atoms with E-state index < -0.39 is 17.5 Å². The number of hydrogen-bond donors (Lipinski definition) is 1. The number of nitrogens with zero attached hydrogens (tertiary/aromatic N) is 3. The Hall–Kier alpha value is -3.92. The van der Waals surface area contributed by atoms with Gasteiger partial charge in [-0.25, -0.2) is 4.98 Å². The Balaban J connectivity index is 1.51. The molecule has 0 aliphatic carbocycles. The van der Waals surface area contributed by atoms with Crippen LogP contribution in [0.2, 0.25) is 5.02 Å². The molecule has 0 aliphatic heterocycles. The number of alkyl halides is 3. The molecule has 0 amide bonds. The maximum atomic E-state index is 13.3. The van der Waals surface area contributed by atoms with Gasteiger partial charge in [-0.05, 0) is 53.4 Å². The summed E-state index contributed by atoms with van der Waals surface area (Å²) in [6.45, 7) is 0. The van der Waals surface area contributed by atoms with Gasteiger partial charge in [-0.3, -0.25) is 4.98 Å². The number of aliphatic hydroxyl groups is 1. The van der Waals surface area contributed by atoms with Gasteiger partial charge in [-0.15, -0.1) is 11.3 Å². The van der Waals surface area contributed by atoms with Gasteiger partial charge in [0.05, 0.1) is 23.3 Å². The summed E-state index contributed by atoms with van der Waals surface area (Å²) in [5, 5.41) is 14.4. The van der Waals surface area contributed by atoms with Crippen molar-refractivity contribution in [3.63, 3.8) is 0 Å². The second kappa shape index (κ2) is 10.2. The Labute approximate surface area is 242 Å². The number of benzene rings is 2. The number of thiophene rings is 1. The lowest BCUT2D eigenvalue weighted by Gasteiger charge is -2.30. The molecule has 0 fully saturated rings. The van der Waals surface area contributed by atoms with Gasteiger partial charge in [0.15, 0.2) is 5.60 Å². The highest BCUT2D eigenvalue weighted by Gasteiger charge is 2.38. The number of aryl methyl sites for hydroxylation is 1. The SMILES string of the molecule is COc1nc2ccc(C(O)(c3ccc(C(F)(F)F)nc3)c3cccn3C)cc2c(Cl)c1Cc1cc2ccccc2s1. The standard InChI is InChI=1S/C31H23ClF3N3O2S/c1-38-13-5-8-27(38)30(39,20-10-12-26(36-17-20)31(33,34)35)19-9-11-24-22(15-19)28(32)23(29(37-24)40-2)16-21-14-18-6-3-4-7-25(18)41-21/h3-15,17,39H,16H2,1-2H3. The summed E-state index contributed by atoms with van der Waals surface area (Å²) in [7, 11) is 3.29. The number of hydrogen-bond acceptors (Lipinski definition) is 5. The summed E-state index contributed by atoms with van der Waals surface area (Å²) < 4.78 is 48.2. The van der Waals surface area contributed by atoms with Gasteiger partial charge in [-0.1, -0.05) is 41.9 Å². The van der Waals surface area contributed by atoms with Crippen LogP contribution in [0.1, 0.15) is 33.0 Å². The lowest BCUT2D eigenvalue weighted by molar-refractivity contribution is -0.141. The molecule has 41 heavy (non-hydrogen) atoms. The molecule has 0 spiro atoms. The van der Waals surface area contributed by atoms with Crippen LogP contribution in [-0.2, 0) is 25.2 Å². The molecule has 1 N–H and O–H groups in total. The number of aromatic nitrogens is 3. The Morgan fingerprint density at radius 2 is 1.78 bits per heavy atom. The minimum absolute atomic E-state index is 0.176. The molecule has 0 bridgehead atoms. The molecule has 1 unspecified atom stereocenters. The smallest absolute Gasteiger partial charge is 0.433 e. The molecule has 0 radical (unpaired) electrons. The third-order valence-electron chi connectivity index (χ3n) is 7.20. The first-order valence-corrected chi connectivity index (χ1v) is 13.8. The molecule has 10 heteroatoms. The highest BCUT2D eigenvalue weighted by molar-refractivity contribution is 7.19. The van der Waals surface area contributed by atoms with Gasteiger partial charge in [-0.2, -0.15) is 13.2 Å². The number of pyridine rings is 2. The molecule has 1 atom stereocenters. The number of methoxy groups -OCH3 is 1. The van der Waals surface area contributed by atoms with Crippen LogP contribution in [0.4, 0.5) is 13.2 Å².